The number of aromatic amines is 1. The number of hydrogen-bond acceptors (Lipinski definition) is 3. The van der Waals surface area contributed by atoms with Gasteiger partial charge in [-0.1, -0.05) is 29.3 Å². The number of anilines is 2. The summed E-state index contributed by atoms with van der Waals surface area (Å²) >= 11 is 5.92. The molecular weight excluding hydrogens is 238 g/mol. The minimum absolute atomic E-state index is 0.0931. The first-order valence-corrected chi connectivity index (χ1v) is 5.51. The third kappa shape index (κ3) is 2.31. The van der Waals surface area contributed by atoms with Crippen molar-refractivity contribution in [1.29, 1.82) is 0 Å². The quantitative estimate of drug-likeness (QED) is 0.890. The molecule has 0 bridgehead atoms. The Bertz CT molecular complexity index is 577. The number of hydrogen-bond donors (Lipinski definition) is 1. The summed E-state index contributed by atoms with van der Waals surface area (Å²) in [5, 5.41) is 0.0931. The molecule has 2 rings (SSSR count). The van der Waals surface area contributed by atoms with Gasteiger partial charge in [0.05, 0.1) is 6.33 Å². The van der Waals surface area contributed by atoms with E-state index in [4.69, 9.17) is 11.6 Å². The fourth-order valence-corrected chi connectivity index (χ4v) is 1.73. The molecule has 88 valence electrons. The molecule has 0 amide bonds. The highest BCUT2D eigenvalue weighted by molar-refractivity contribution is 6.32. The number of aromatic nitrogens is 2. The van der Waals surface area contributed by atoms with Gasteiger partial charge in [-0.25, -0.2) is 4.98 Å². The van der Waals surface area contributed by atoms with Crippen LogP contribution < -0.4 is 10.5 Å². The molecule has 2 aromatic rings. The van der Waals surface area contributed by atoms with E-state index in [9.17, 15) is 4.79 Å². The van der Waals surface area contributed by atoms with Crippen molar-refractivity contribution < 1.29 is 0 Å². The van der Waals surface area contributed by atoms with Crippen LogP contribution >= 0.6 is 11.6 Å². The molecule has 0 atom stereocenters. The highest BCUT2D eigenvalue weighted by Crippen LogP contribution is 2.25. The van der Waals surface area contributed by atoms with Crippen molar-refractivity contribution in [2.45, 2.75) is 6.92 Å². The summed E-state index contributed by atoms with van der Waals surface area (Å²) < 4.78 is 0. The predicted octanol–water partition coefficient (Wildman–Crippen LogP) is 2.50. The molecule has 17 heavy (non-hydrogen) atoms. The largest absolute Gasteiger partial charge is 0.328 e. The number of benzene rings is 1. The van der Waals surface area contributed by atoms with Gasteiger partial charge in [0.2, 0.25) is 0 Å². The summed E-state index contributed by atoms with van der Waals surface area (Å²) in [5.41, 5.74) is 1.76. The Hall–Kier alpha value is -1.81. The van der Waals surface area contributed by atoms with E-state index in [1.807, 2.05) is 38.2 Å². The Morgan fingerprint density at radius 3 is 2.59 bits per heavy atom. The molecule has 1 aromatic heterocycles. The van der Waals surface area contributed by atoms with Crippen molar-refractivity contribution in [2.75, 3.05) is 11.9 Å². The Labute approximate surface area is 104 Å². The summed E-state index contributed by atoms with van der Waals surface area (Å²) in [4.78, 5) is 19.7. The van der Waals surface area contributed by atoms with Crippen LogP contribution in [0.3, 0.4) is 0 Å². The van der Waals surface area contributed by atoms with Gasteiger partial charge in [-0.05, 0) is 19.1 Å². The van der Waals surface area contributed by atoms with E-state index >= 15 is 0 Å². The molecule has 5 heteroatoms. The number of nitrogens with one attached hydrogen (secondary N) is 1. The van der Waals surface area contributed by atoms with Crippen molar-refractivity contribution in [2.24, 2.45) is 0 Å². The Morgan fingerprint density at radius 2 is 1.94 bits per heavy atom. The minimum Gasteiger partial charge on any atom is -0.328 e. The van der Waals surface area contributed by atoms with Crippen LogP contribution in [-0.4, -0.2) is 17.0 Å². The second-order valence-electron chi connectivity index (χ2n) is 3.76. The van der Waals surface area contributed by atoms with E-state index in [1.54, 1.807) is 4.90 Å². The molecule has 0 saturated carbocycles. The maximum absolute atomic E-state index is 11.4. The van der Waals surface area contributed by atoms with Gasteiger partial charge in [0, 0.05) is 12.7 Å². The fourth-order valence-electron chi connectivity index (χ4n) is 1.50. The van der Waals surface area contributed by atoms with Crippen molar-refractivity contribution >= 4 is 23.1 Å². The van der Waals surface area contributed by atoms with Gasteiger partial charge in [-0.2, -0.15) is 0 Å². The van der Waals surface area contributed by atoms with Crippen molar-refractivity contribution in [3.05, 3.63) is 51.5 Å². The summed E-state index contributed by atoms with van der Waals surface area (Å²) in [6.07, 6.45) is 1.34. The topological polar surface area (TPSA) is 49.0 Å². The number of aryl methyl sites for hydroxylation is 1. The monoisotopic (exact) mass is 249 g/mol. The molecule has 1 aromatic carbocycles. The van der Waals surface area contributed by atoms with E-state index in [1.165, 1.54) is 11.9 Å². The highest BCUT2D eigenvalue weighted by Gasteiger charge is 2.11. The van der Waals surface area contributed by atoms with Crippen molar-refractivity contribution in [3.63, 3.8) is 0 Å². The van der Waals surface area contributed by atoms with Gasteiger partial charge in [0.1, 0.15) is 5.02 Å². The van der Waals surface area contributed by atoms with Crippen LogP contribution in [0.4, 0.5) is 11.5 Å². The van der Waals surface area contributed by atoms with E-state index in [0.29, 0.717) is 5.82 Å². The molecule has 4 nitrogen and oxygen atoms in total. The molecule has 1 heterocycles. The first-order chi connectivity index (χ1) is 8.09. The average molecular weight is 250 g/mol. The zero-order valence-electron chi connectivity index (χ0n) is 9.57. The lowest BCUT2D eigenvalue weighted by molar-refractivity contribution is 1.05. The molecule has 1 N–H and O–H groups in total. The van der Waals surface area contributed by atoms with Gasteiger partial charge < -0.3 is 9.88 Å². The van der Waals surface area contributed by atoms with Gasteiger partial charge >= 0.3 is 0 Å². The standard InChI is InChI=1S/C12H12ClN3O/c1-8-3-5-9(6-4-8)16(2)11-10(13)12(17)15-7-14-11/h3-7H,1-2H3,(H,14,15,17). The maximum atomic E-state index is 11.4. The average Bonchev–Trinajstić information content (AvgIpc) is 2.33. The maximum Gasteiger partial charge on any atom is 0.271 e. The second-order valence-corrected chi connectivity index (χ2v) is 4.14. The lowest BCUT2D eigenvalue weighted by Gasteiger charge is -2.18. The molecule has 0 saturated heterocycles. The highest BCUT2D eigenvalue weighted by atomic mass is 35.5. The molecule has 0 aliphatic heterocycles. The van der Waals surface area contributed by atoms with Crippen LogP contribution in [-0.2, 0) is 0 Å². The van der Waals surface area contributed by atoms with E-state index in [2.05, 4.69) is 9.97 Å². The first-order valence-electron chi connectivity index (χ1n) is 5.13. The number of halogens is 1. The van der Waals surface area contributed by atoms with E-state index in [-0.39, 0.29) is 10.6 Å². The molecule has 0 fully saturated rings. The molecule has 0 aliphatic carbocycles. The lowest BCUT2D eigenvalue weighted by Crippen LogP contribution is -2.17. The van der Waals surface area contributed by atoms with Crippen LogP contribution in [0, 0.1) is 6.92 Å². The van der Waals surface area contributed by atoms with Crippen LogP contribution in [0.25, 0.3) is 0 Å². The van der Waals surface area contributed by atoms with Gasteiger partial charge in [-0.3, -0.25) is 4.79 Å². The van der Waals surface area contributed by atoms with Crippen LogP contribution in [0.15, 0.2) is 35.4 Å². The molecule has 0 aliphatic rings. The van der Waals surface area contributed by atoms with Crippen molar-refractivity contribution in [3.8, 4) is 0 Å². The number of nitrogens with zero attached hydrogens (tertiary/aromatic N) is 2. The molecule has 0 unspecified atom stereocenters. The third-order valence-corrected chi connectivity index (χ3v) is 2.86. The SMILES string of the molecule is Cc1ccc(N(C)c2nc[nH]c(=O)c2Cl)cc1. The van der Waals surface area contributed by atoms with E-state index < -0.39 is 0 Å². The van der Waals surface area contributed by atoms with Gasteiger partial charge in [0.25, 0.3) is 5.56 Å². The molecule has 0 spiro atoms. The molecule has 0 radical (unpaired) electrons. The predicted molar refractivity (Wildman–Crippen MR) is 69.1 cm³/mol. The summed E-state index contributed by atoms with van der Waals surface area (Å²) in [6, 6.07) is 7.89. The summed E-state index contributed by atoms with van der Waals surface area (Å²) in [7, 11) is 1.82. The lowest BCUT2D eigenvalue weighted by atomic mass is 10.2. The number of H-pyrrole nitrogens is 1. The van der Waals surface area contributed by atoms with E-state index in [0.717, 1.165) is 5.69 Å². The van der Waals surface area contributed by atoms with Crippen molar-refractivity contribution in [1.82, 2.24) is 9.97 Å². The second kappa shape index (κ2) is 4.59. The third-order valence-electron chi connectivity index (χ3n) is 2.52. The van der Waals surface area contributed by atoms with Crippen LogP contribution in [0.2, 0.25) is 5.02 Å². The fraction of sp³-hybridized carbons (Fsp3) is 0.167. The summed E-state index contributed by atoms with van der Waals surface area (Å²) in [6.45, 7) is 2.02. The Morgan fingerprint density at radius 1 is 1.29 bits per heavy atom. The summed E-state index contributed by atoms with van der Waals surface area (Å²) in [5.74, 6) is 0.444. The smallest absolute Gasteiger partial charge is 0.271 e. The normalized spacial score (nSPS) is 10.3. The number of rotatable bonds is 2. The minimum atomic E-state index is -0.337. The van der Waals surface area contributed by atoms with Gasteiger partial charge in [0.15, 0.2) is 5.82 Å². The van der Waals surface area contributed by atoms with Crippen LogP contribution in [0.5, 0.6) is 0 Å². The van der Waals surface area contributed by atoms with Crippen LogP contribution in [0.1, 0.15) is 5.56 Å². The first kappa shape index (κ1) is 11.7. The zero-order valence-corrected chi connectivity index (χ0v) is 10.3. The Kier molecular flexibility index (Phi) is 3.15. The zero-order chi connectivity index (χ0) is 12.4. The van der Waals surface area contributed by atoms with Gasteiger partial charge in [-0.15, -0.1) is 0 Å². The Balaban J connectivity index is 2.43. The molecular formula is C12H12ClN3O.